The molecule has 0 amide bonds. The van der Waals surface area contributed by atoms with Crippen molar-refractivity contribution in [2.45, 2.75) is 35.1 Å². The van der Waals surface area contributed by atoms with Crippen LogP contribution in [-0.4, -0.2) is 34.5 Å². The van der Waals surface area contributed by atoms with Gasteiger partial charge in [0.05, 0.1) is 16.7 Å². The standard InChI is InChI=1S/C12H17ClN2OS/c1-14-12(8-16)5-4-10(6-12)17-11-3-2-9(13)7-15-11/h2-3,7,10,14,16H,4-6,8H2,1H3. The molecule has 0 saturated heterocycles. The van der Waals surface area contributed by atoms with Crippen LogP contribution in [0.2, 0.25) is 5.02 Å². The van der Waals surface area contributed by atoms with Crippen LogP contribution in [0.5, 0.6) is 0 Å². The number of aliphatic hydroxyl groups is 1. The lowest BCUT2D eigenvalue weighted by molar-refractivity contribution is 0.173. The quantitative estimate of drug-likeness (QED) is 0.883. The number of halogens is 1. The van der Waals surface area contributed by atoms with Crippen LogP contribution in [0, 0.1) is 0 Å². The van der Waals surface area contributed by atoms with Gasteiger partial charge in [0.25, 0.3) is 0 Å². The van der Waals surface area contributed by atoms with E-state index < -0.39 is 0 Å². The van der Waals surface area contributed by atoms with Gasteiger partial charge in [-0.2, -0.15) is 0 Å². The van der Waals surface area contributed by atoms with Crippen LogP contribution in [0.1, 0.15) is 19.3 Å². The average molecular weight is 273 g/mol. The third-order valence-corrected chi connectivity index (χ3v) is 4.83. The topological polar surface area (TPSA) is 45.1 Å². The molecule has 5 heteroatoms. The Balaban J connectivity index is 1.95. The van der Waals surface area contributed by atoms with E-state index in [0.717, 1.165) is 24.3 Å². The molecule has 94 valence electrons. The zero-order valence-corrected chi connectivity index (χ0v) is 11.4. The van der Waals surface area contributed by atoms with Crippen molar-refractivity contribution in [3.63, 3.8) is 0 Å². The molecular weight excluding hydrogens is 256 g/mol. The zero-order valence-electron chi connectivity index (χ0n) is 9.82. The van der Waals surface area contributed by atoms with E-state index in [-0.39, 0.29) is 12.1 Å². The van der Waals surface area contributed by atoms with Gasteiger partial charge < -0.3 is 10.4 Å². The first-order valence-corrected chi connectivity index (χ1v) is 7.01. The molecule has 0 bridgehead atoms. The van der Waals surface area contributed by atoms with Crippen molar-refractivity contribution in [2.75, 3.05) is 13.7 Å². The van der Waals surface area contributed by atoms with E-state index in [2.05, 4.69) is 10.3 Å². The third kappa shape index (κ3) is 3.13. The number of thioether (sulfide) groups is 1. The number of aromatic nitrogens is 1. The van der Waals surface area contributed by atoms with Crippen LogP contribution in [0.25, 0.3) is 0 Å². The molecule has 2 atom stereocenters. The molecule has 0 spiro atoms. The SMILES string of the molecule is CNC1(CO)CCC(Sc2ccc(Cl)cn2)C1. The third-order valence-electron chi connectivity index (χ3n) is 3.38. The Hall–Kier alpha value is -0.290. The number of rotatable bonds is 4. The first kappa shape index (κ1) is 13.1. The molecule has 1 saturated carbocycles. The summed E-state index contributed by atoms with van der Waals surface area (Å²) >= 11 is 7.58. The molecule has 1 aromatic rings. The Kier molecular flexibility index (Phi) is 4.31. The minimum absolute atomic E-state index is 0.0932. The molecule has 1 aromatic heterocycles. The number of hydrogen-bond donors (Lipinski definition) is 2. The largest absolute Gasteiger partial charge is 0.394 e. The monoisotopic (exact) mass is 272 g/mol. The van der Waals surface area contributed by atoms with E-state index in [9.17, 15) is 5.11 Å². The van der Waals surface area contributed by atoms with E-state index in [0.29, 0.717) is 10.3 Å². The molecule has 0 radical (unpaired) electrons. The van der Waals surface area contributed by atoms with Crippen molar-refractivity contribution in [1.29, 1.82) is 0 Å². The lowest BCUT2D eigenvalue weighted by Gasteiger charge is -2.26. The molecule has 2 unspecified atom stereocenters. The van der Waals surface area contributed by atoms with Crippen LogP contribution < -0.4 is 5.32 Å². The number of nitrogens with zero attached hydrogens (tertiary/aromatic N) is 1. The highest BCUT2D eigenvalue weighted by Gasteiger charge is 2.37. The van der Waals surface area contributed by atoms with Crippen molar-refractivity contribution in [2.24, 2.45) is 0 Å². The highest BCUT2D eigenvalue weighted by Crippen LogP contribution is 2.39. The minimum Gasteiger partial charge on any atom is -0.394 e. The molecule has 17 heavy (non-hydrogen) atoms. The first-order chi connectivity index (χ1) is 8.17. The maximum absolute atomic E-state index is 9.43. The Morgan fingerprint density at radius 3 is 3.00 bits per heavy atom. The van der Waals surface area contributed by atoms with E-state index in [1.165, 1.54) is 0 Å². The predicted octanol–water partition coefficient (Wildman–Crippen LogP) is 2.33. The van der Waals surface area contributed by atoms with Gasteiger partial charge in [-0.25, -0.2) is 4.98 Å². The van der Waals surface area contributed by atoms with Crippen LogP contribution in [0.15, 0.2) is 23.4 Å². The zero-order chi connectivity index (χ0) is 12.3. The van der Waals surface area contributed by atoms with Gasteiger partial charge in [0.1, 0.15) is 0 Å². The fourth-order valence-corrected chi connectivity index (χ4v) is 3.58. The predicted molar refractivity (Wildman–Crippen MR) is 71.6 cm³/mol. The molecule has 2 N–H and O–H groups in total. The van der Waals surface area contributed by atoms with Crippen molar-refractivity contribution in [3.8, 4) is 0 Å². The summed E-state index contributed by atoms with van der Waals surface area (Å²) in [7, 11) is 1.92. The van der Waals surface area contributed by atoms with Crippen LogP contribution in [0.3, 0.4) is 0 Å². The van der Waals surface area contributed by atoms with Gasteiger partial charge >= 0.3 is 0 Å². The molecule has 0 aromatic carbocycles. The maximum atomic E-state index is 9.43. The number of aliphatic hydroxyl groups excluding tert-OH is 1. The number of nitrogens with one attached hydrogen (secondary N) is 1. The highest BCUT2D eigenvalue weighted by atomic mass is 35.5. The normalized spacial score (nSPS) is 28.5. The van der Waals surface area contributed by atoms with Gasteiger partial charge in [-0.05, 0) is 38.4 Å². The fourth-order valence-electron chi connectivity index (χ4n) is 2.23. The summed E-state index contributed by atoms with van der Waals surface area (Å²) in [5.41, 5.74) is -0.0932. The van der Waals surface area contributed by atoms with E-state index in [1.807, 2.05) is 19.2 Å². The Morgan fingerprint density at radius 2 is 2.47 bits per heavy atom. The van der Waals surface area contributed by atoms with Gasteiger partial charge in [0.15, 0.2) is 0 Å². The summed E-state index contributed by atoms with van der Waals surface area (Å²) in [6.45, 7) is 0.203. The summed E-state index contributed by atoms with van der Waals surface area (Å²) in [5.74, 6) is 0. The Bertz CT molecular complexity index is 367. The van der Waals surface area contributed by atoms with Gasteiger partial charge in [0.2, 0.25) is 0 Å². The summed E-state index contributed by atoms with van der Waals surface area (Å²) in [4.78, 5) is 4.29. The fraction of sp³-hybridized carbons (Fsp3) is 0.583. The minimum atomic E-state index is -0.0932. The summed E-state index contributed by atoms with van der Waals surface area (Å²) < 4.78 is 0. The Morgan fingerprint density at radius 1 is 1.65 bits per heavy atom. The second-order valence-electron chi connectivity index (χ2n) is 4.49. The molecule has 1 aliphatic rings. The second-order valence-corrected chi connectivity index (χ2v) is 6.24. The average Bonchev–Trinajstić information content (AvgIpc) is 2.76. The van der Waals surface area contributed by atoms with Gasteiger partial charge in [0, 0.05) is 17.0 Å². The van der Waals surface area contributed by atoms with Crippen LogP contribution >= 0.6 is 23.4 Å². The summed E-state index contributed by atoms with van der Waals surface area (Å²) in [5, 5.41) is 14.9. The maximum Gasteiger partial charge on any atom is 0.0963 e. The lowest BCUT2D eigenvalue weighted by atomic mass is 10.00. The molecule has 2 rings (SSSR count). The smallest absolute Gasteiger partial charge is 0.0963 e. The molecular formula is C12H17ClN2OS. The van der Waals surface area contributed by atoms with Gasteiger partial charge in [-0.15, -0.1) is 11.8 Å². The molecule has 0 aliphatic heterocycles. The molecule has 3 nitrogen and oxygen atoms in total. The van der Waals surface area contributed by atoms with Gasteiger partial charge in [-0.1, -0.05) is 11.6 Å². The molecule has 1 aliphatic carbocycles. The summed E-state index contributed by atoms with van der Waals surface area (Å²) in [6, 6.07) is 3.81. The van der Waals surface area contributed by atoms with E-state index in [4.69, 9.17) is 11.6 Å². The van der Waals surface area contributed by atoms with E-state index in [1.54, 1.807) is 18.0 Å². The first-order valence-electron chi connectivity index (χ1n) is 5.75. The lowest BCUT2D eigenvalue weighted by Crippen LogP contribution is -2.44. The van der Waals surface area contributed by atoms with Gasteiger partial charge in [-0.3, -0.25) is 0 Å². The van der Waals surface area contributed by atoms with Crippen molar-refractivity contribution < 1.29 is 5.11 Å². The highest BCUT2D eigenvalue weighted by molar-refractivity contribution is 7.99. The number of hydrogen-bond acceptors (Lipinski definition) is 4. The Labute approximate surface area is 111 Å². The van der Waals surface area contributed by atoms with Crippen LogP contribution in [0.4, 0.5) is 0 Å². The van der Waals surface area contributed by atoms with Crippen molar-refractivity contribution in [1.82, 2.24) is 10.3 Å². The molecule has 1 fully saturated rings. The molecule has 1 heterocycles. The number of pyridine rings is 1. The van der Waals surface area contributed by atoms with Crippen molar-refractivity contribution in [3.05, 3.63) is 23.4 Å². The van der Waals surface area contributed by atoms with E-state index >= 15 is 0 Å². The van der Waals surface area contributed by atoms with Crippen molar-refractivity contribution >= 4 is 23.4 Å². The summed E-state index contributed by atoms with van der Waals surface area (Å²) in [6.07, 6.45) is 4.78. The number of likely N-dealkylation sites (N-methyl/N-ethyl adjacent to an activating group) is 1. The van der Waals surface area contributed by atoms with Crippen LogP contribution in [-0.2, 0) is 0 Å². The second kappa shape index (κ2) is 5.57.